The second-order valence-electron chi connectivity index (χ2n) is 6.68. The Morgan fingerprint density at radius 3 is 2.37 bits per heavy atom. The van der Waals surface area contributed by atoms with Crippen molar-refractivity contribution in [3.8, 4) is 0 Å². The van der Waals surface area contributed by atoms with Gasteiger partial charge in [-0.25, -0.2) is 9.78 Å². The van der Waals surface area contributed by atoms with E-state index >= 15 is 0 Å². The predicted octanol–water partition coefficient (Wildman–Crippen LogP) is 4.52. The number of anilines is 3. The quantitative estimate of drug-likeness (QED) is 0.734. The Bertz CT molecular complexity index is 766. The maximum atomic E-state index is 12.3. The molecule has 1 aliphatic carbocycles. The van der Waals surface area contributed by atoms with Crippen molar-refractivity contribution in [1.29, 1.82) is 0 Å². The SMILES string of the molecule is CCOC(=O)c1ccc(Nc2ccc(NC(=O)C3CCCCC3)nc2)cc1. The molecular weight excluding hydrogens is 342 g/mol. The highest BCUT2D eigenvalue weighted by atomic mass is 16.5. The van der Waals surface area contributed by atoms with Gasteiger partial charge < -0.3 is 15.4 Å². The summed E-state index contributed by atoms with van der Waals surface area (Å²) in [6, 6.07) is 10.7. The van der Waals surface area contributed by atoms with E-state index in [1.165, 1.54) is 6.42 Å². The summed E-state index contributed by atoms with van der Waals surface area (Å²) in [4.78, 5) is 28.3. The van der Waals surface area contributed by atoms with Crippen LogP contribution in [-0.2, 0) is 9.53 Å². The summed E-state index contributed by atoms with van der Waals surface area (Å²) in [7, 11) is 0. The number of esters is 1. The molecule has 0 aliphatic heterocycles. The molecule has 0 unspecified atom stereocenters. The highest BCUT2D eigenvalue weighted by Crippen LogP contribution is 2.25. The molecule has 6 nitrogen and oxygen atoms in total. The maximum absolute atomic E-state index is 12.3. The number of rotatable bonds is 6. The average molecular weight is 367 g/mol. The van der Waals surface area contributed by atoms with Crippen molar-refractivity contribution in [1.82, 2.24) is 4.98 Å². The first-order valence-electron chi connectivity index (χ1n) is 9.47. The Balaban J connectivity index is 1.55. The third-order valence-electron chi connectivity index (χ3n) is 4.68. The van der Waals surface area contributed by atoms with E-state index in [-0.39, 0.29) is 17.8 Å². The number of benzene rings is 1. The lowest BCUT2D eigenvalue weighted by molar-refractivity contribution is -0.120. The van der Waals surface area contributed by atoms with Crippen molar-refractivity contribution in [3.63, 3.8) is 0 Å². The average Bonchev–Trinajstić information content (AvgIpc) is 2.71. The second kappa shape index (κ2) is 9.16. The van der Waals surface area contributed by atoms with Crippen molar-refractivity contribution < 1.29 is 14.3 Å². The molecule has 0 atom stereocenters. The number of ether oxygens (including phenoxy) is 1. The van der Waals surface area contributed by atoms with E-state index in [1.54, 1.807) is 31.3 Å². The summed E-state index contributed by atoms with van der Waals surface area (Å²) in [6.07, 6.45) is 7.09. The molecule has 6 heteroatoms. The molecule has 2 aromatic rings. The molecule has 1 aromatic heterocycles. The van der Waals surface area contributed by atoms with Gasteiger partial charge in [0.15, 0.2) is 0 Å². The smallest absolute Gasteiger partial charge is 0.338 e. The molecule has 1 aromatic carbocycles. The van der Waals surface area contributed by atoms with Crippen molar-refractivity contribution in [2.24, 2.45) is 5.92 Å². The van der Waals surface area contributed by atoms with E-state index in [1.807, 2.05) is 18.2 Å². The van der Waals surface area contributed by atoms with Crippen LogP contribution in [0.1, 0.15) is 49.4 Å². The lowest BCUT2D eigenvalue weighted by atomic mass is 9.89. The van der Waals surface area contributed by atoms with E-state index in [9.17, 15) is 9.59 Å². The lowest BCUT2D eigenvalue weighted by Crippen LogP contribution is -2.25. The van der Waals surface area contributed by atoms with Gasteiger partial charge in [-0.05, 0) is 56.2 Å². The van der Waals surface area contributed by atoms with Crippen molar-refractivity contribution in [3.05, 3.63) is 48.2 Å². The fourth-order valence-corrected chi connectivity index (χ4v) is 3.21. The zero-order chi connectivity index (χ0) is 19.1. The first-order valence-corrected chi connectivity index (χ1v) is 9.47. The van der Waals surface area contributed by atoms with Crippen molar-refractivity contribution in [2.75, 3.05) is 17.2 Å². The van der Waals surface area contributed by atoms with Crippen LogP contribution in [0.3, 0.4) is 0 Å². The molecule has 1 heterocycles. The van der Waals surface area contributed by atoms with E-state index in [0.29, 0.717) is 18.0 Å². The van der Waals surface area contributed by atoms with Gasteiger partial charge in [0.05, 0.1) is 24.1 Å². The van der Waals surface area contributed by atoms with Crippen molar-refractivity contribution in [2.45, 2.75) is 39.0 Å². The number of pyridine rings is 1. The fourth-order valence-electron chi connectivity index (χ4n) is 3.21. The monoisotopic (exact) mass is 367 g/mol. The Morgan fingerprint density at radius 1 is 1.04 bits per heavy atom. The number of hydrogen-bond donors (Lipinski definition) is 2. The van der Waals surface area contributed by atoms with Gasteiger partial charge in [-0.1, -0.05) is 19.3 Å². The minimum Gasteiger partial charge on any atom is -0.462 e. The molecule has 2 N–H and O–H groups in total. The lowest BCUT2D eigenvalue weighted by Gasteiger charge is -2.20. The number of carbonyl (C=O) groups is 2. The van der Waals surface area contributed by atoms with Crippen LogP contribution >= 0.6 is 0 Å². The first-order chi connectivity index (χ1) is 13.2. The molecule has 1 fully saturated rings. The van der Waals surface area contributed by atoms with Gasteiger partial charge in [0.2, 0.25) is 5.91 Å². The van der Waals surface area contributed by atoms with Crippen LogP contribution < -0.4 is 10.6 Å². The van der Waals surface area contributed by atoms with Gasteiger partial charge in [0.1, 0.15) is 5.82 Å². The van der Waals surface area contributed by atoms with Crippen LogP contribution in [0.5, 0.6) is 0 Å². The molecule has 142 valence electrons. The van der Waals surface area contributed by atoms with Crippen LogP contribution in [0.2, 0.25) is 0 Å². The molecule has 1 saturated carbocycles. The zero-order valence-electron chi connectivity index (χ0n) is 15.5. The van der Waals surface area contributed by atoms with Crippen LogP contribution in [0.25, 0.3) is 0 Å². The minimum atomic E-state index is -0.330. The predicted molar refractivity (Wildman–Crippen MR) is 105 cm³/mol. The largest absolute Gasteiger partial charge is 0.462 e. The van der Waals surface area contributed by atoms with E-state index in [2.05, 4.69) is 15.6 Å². The summed E-state index contributed by atoms with van der Waals surface area (Å²) in [5.41, 5.74) is 2.15. The first kappa shape index (κ1) is 18.9. The van der Waals surface area contributed by atoms with Crippen LogP contribution in [0, 0.1) is 5.92 Å². The number of carbonyl (C=O) groups excluding carboxylic acids is 2. The number of aromatic nitrogens is 1. The number of amides is 1. The second-order valence-corrected chi connectivity index (χ2v) is 6.68. The highest BCUT2D eigenvalue weighted by molar-refractivity contribution is 5.92. The molecule has 1 aliphatic rings. The molecule has 1 amide bonds. The van der Waals surface area contributed by atoms with Crippen LogP contribution in [-0.4, -0.2) is 23.5 Å². The topological polar surface area (TPSA) is 80.3 Å². The Kier molecular flexibility index (Phi) is 6.41. The minimum absolute atomic E-state index is 0.0671. The van der Waals surface area contributed by atoms with Gasteiger partial charge in [-0.3, -0.25) is 4.79 Å². The summed E-state index contributed by atoms with van der Waals surface area (Å²) in [5.74, 6) is 0.409. The number of hydrogen-bond acceptors (Lipinski definition) is 5. The van der Waals surface area contributed by atoms with Gasteiger partial charge in [-0.2, -0.15) is 0 Å². The number of nitrogens with zero attached hydrogens (tertiary/aromatic N) is 1. The molecule has 3 rings (SSSR count). The standard InChI is InChI=1S/C21H25N3O3/c1-2-27-21(26)16-8-10-17(11-9-16)23-18-12-13-19(22-14-18)24-20(25)15-6-4-3-5-7-15/h8-15,23H,2-7H2,1H3,(H,22,24,25). The summed E-state index contributed by atoms with van der Waals surface area (Å²) in [6.45, 7) is 2.14. The molecule has 27 heavy (non-hydrogen) atoms. The summed E-state index contributed by atoms with van der Waals surface area (Å²) >= 11 is 0. The maximum Gasteiger partial charge on any atom is 0.338 e. The van der Waals surface area contributed by atoms with E-state index in [0.717, 1.165) is 37.1 Å². The third-order valence-corrected chi connectivity index (χ3v) is 4.68. The molecule has 0 spiro atoms. The summed E-state index contributed by atoms with van der Waals surface area (Å²) < 4.78 is 4.97. The van der Waals surface area contributed by atoms with Gasteiger partial charge in [0, 0.05) is 11.6 Å². The molecule has 0 bridgehead atoms. The molecule has 0 radical (unpaired) electrons. The molecular formula is C21H25N3O3. The van der Waals surface area contributed by atoms with Gasteiger partial charge >= 0.3 is 5.97 Å². The Morgan fingerprint density at radius 2 is 1.74 bits per heavy atom. The Hall–Kier alpha value is -2.89. The fraction of sp³-hybridized carbons (Fsp3) is 0.381. The Labute approximate surface area is 159 Å². The highest BCUT2D eigenvalue weighted by Gasteiger charge is 2.21. The number of nitrogens with one attached hydrogen (secondary N) is 2. The van der Waals surface area contributed by atoms with Crippen LogP contribution in [0.4, 0.5) is 17.2 Å². The van der Waals surface area contributed by atoms with Crippen molar-refractivity contribution >= 4 is 29.1 Å². The summed E-state index contributed by atoms with van der Waals surface area (Å²) in [5, 5.41) is 6.12. The third kappa shape index (κ3) is 5.29. The van der Waals surface area contributed by atoms with E-state index < -0.39 is 0 Å². The van der Waals surface area contributed by atoms with Crippen LogP contribution in [0.15, 0.2) is 42.6 Å². The zero-order valence-corrected chi connectivity index (χ0v) is 15.5. The van der Waals surface area contributed by atoms with Gasteiger partial charge in [-0.15, -0.1) is 0 Å². The molecule has 0 saturated heterocycles. The van der Waals surface area contributed by atoms with E-state index in [4.69, 9.17) is 4.74 Å². The van der Waals surface area contributed by atoms with Gasteiger partial charge in [0.25, 0.3) is 0 Å². The normalized spacial score (nSPS) is 14.4.